The van der Waals surface area contributed by atoms with Crippen LogP contribution in [0.2, 0.25) is 0 Å². The van der Waals surface area contributed by atoms with Crippen molar-refractivity contribution in [1.82, 2.24) is 20.3 Å². The molecule has 6 heteroatoms. The molecule has 0 spiro atoms. The molecule has 0 aliphatic heterocycles. The summed E-state index contributed by atoms with van der Waals surface area (Å²) < 4.78 is 5.25. The van der Waals surface area contributed by atoms with Gasteiger partial charge in [-0.15, -0.1) is 0 Å². The number of carbonyl (C=O) groups excluding carboxylic acids is 1. The molecule has 1 aromatic carbocycles. The van der Waals surface area contributed by atoms with E-state index >= 15 is 0 Å². The molecule has 2 N–H and O–H groups in total. The minimum atomic E-state index is -0.136. The number of nitrogens with one attached hydrogen (secondary N) is 2. The van der Waals surface area contributed by atoms with Crippen LogP contribution < -0.4 is 10.1 Å². The Balaban J connectivity index is 1.74. The summed E-state index contributed by atoms with van der Waals surface area (Å²) in [5.74, 6) is 0.430. The van der Waals surface area contributed by atoms with E-state index in [4.69, 9.17) is 4.74 Å². The van der Waals surface area contributed by atoms with Crippen molar-refractivity contribution in [3.63, 3.8) is 0 Å². The van der Waals surface area contributed by atoms with E-state index in [1.54, 1.807) is 26.4 Å². The predicted molar refractivity (Wildman–Crippen MR) is 114 cm³/mol. The fourth-order valence-electron chi connectivity index (χ4n) is 3.17. The van der Waals surface area contributed by atoms with Crippen LogP contribution >= 0.6 is 0 Å². The second-order valence-electron chi connectivity index (χ2n) is 6.48. The number of nitrogens with zero attached hydrogens (tertiary/aromatic N) is 2. The van der Waals surface area contributed by atoms with Crippen LogP contribution in [0.3, 0.4) is 0 Å². The van der Waals surface area contributed by atoms with Gasteiger partial charge >= 0.3 is 0 Å². The summed E-state index contributed by atoms with van der Waals surface area (Å²) in [6, 6.07) is 13.9. The molecule has 0 radical (unpaired) electrons. The van der Waals surface area contributed by atoms with Crippen molar-refractivity contribution in [1.29, 1.82) is 0 Å². The van der Waals surface area contributed by atoms with E-state index in [1.807, 2.05) is 48.8 Å². The summed E-state index contributed by atoms with van der Waals surface area (Å²) in [5.41, 5.74) is 5.82. The highest BCUT2D eigenvalue weighted by Crippen LogP contribution is 2.32. The van der Waals surface area contributed by atoms with Gasteiger partial charge in [-0.25, -0.2) is 9.97 Å². The summed E-state index contributed by atoms with van der Waals surface area (Å²) in [5, 5.41) is 3.59. The summed E-state index contributed by atoms with van der Waals surface area (Å²) >= 11 is 0. The Hall–Kier alpha value is -3.93. The molecular weight excluding hydrogens is 364 g/mol. The van der Waals surface area contributed by atoms with Crippen molar-refractivity contribution < 1.29 is 9.53 Å². The first kappa shape index (κ1) is 18.4. The van der Waals surface area contributed by atoms with Gasteiger partial charge in [-0.1, -0.05) is 18.2 Å². The van der Waals surface area contributed by atoms with Gasteiger partial charge in [0.1, 0.15) is 5.65 Å². The average molecular weight is 384 g/mol. The zero-order valence-corrected chi connectivity index (χ0v) is 16.1. The first-order valence-corrected chi connectivity index (χ1v) is 9.15. The number of aromatic amines is 1. The number of rotatable bonds is 5. The molecule has 0 aliphatic carbocycles. The first-order chi connectivity index (χ1) is 14.2. The highest BCUT2D eigenvalue weighted by Gasteiger charge is 2.10. The Kier molecular flexibility index (Phi) is 5.07. The van der Waals surface area contributed by atoms with Crippen LogP contribution in [-0.4, -0.2) is 35.0 Å². The zero-order chi connectivity index (χ0) is 20.2. The molecular formula is C23H20N4O2. The lowest BCUT2D eigenvalue weighted by atomic mass is 10.0. The predicted octanol–water partition coefficient (Wildman–Crippen LogP) is 4.06. The molecule has 0 bridgehead atoms. The van der Waals surface area contributed by atoms with Crippen LogP contribution in [0.15, 0.2) is 67.1 Å². The maximum Gasteiger partial charge on any atom is 0.243 e. The molecule has 4 aromatic rings. The number of amides is 1. The Morgan fingerprint density at radius 2 is 2.00 bits per heavy atom. The third-order valence-corrected chi connectivity index (χ3v) is 4.68. The summed E-state index contributed by atoms with van der Waals surface area (Å²) in [7, 11) is 3.21. The average Bonchev–Trinajstić information content (AvgIpc) is 3.21. The quantitative estimate of drug-likeness (QED) is 0.509. The molecule has 0 saturated heterocycles. The highest BCUT2D eigenvalue weighted by molar-refractivity contribution is 5.96. The lowest BCUT2D eigenvalue weighted by Crippen LogP contribution is -2.13. The van der Waals surface area contributed by atoms with Gasteiger partial charge < -0.3 is 15.0 Å². The molecule has 0 aliphatic rings. The lowest BCUT2D eigenvalue weighted by molar-refractivity contribution is -0.115. The van der Waals surface area contributed by atoms with E-state index in [2.05, 4.69) is 26.3 Å². The largest absolute Gasteiger partial charge is 0.481 e. The number of hydrogen-bond acceptors (Lipinski definition) is 4. The molecule has 3 aromatic heterocycles. The molecule has 0 saturated carbocycles. The standard InChI is InChI=1S/C23H20N4O2/c1-24-21(28)7-6-15-4-3-5-16(10-15)18-11-19-20(14-27-23(19)26-13-18)17-8-9-25-22(12-17)29-2/h3-14H,1-2H3,(H,24,28)(H,26,27)/b7-6+. The maximum atomic E-state index is 11.5. The van der Waals surface area contributed by atoms with Crippen molar-refractivity contribution in [2.45, 2.75) is 0 Å². The van der Waals surface area contributed by atoms with Gasteiger partial charge in [0, 0.05) is 54.3 Å². The number of carbonyl (C=O) groups is 1. The number of H-pyrrole nitrogens is 1. The Morgan fingerprint density at radius 1 is 1.10 bits per heavy atom. The molecule has 1 amide bonds. The van der Waals surface area contributed by atoms with Crippen LogP contribution in [0.5, 0.6) is 5.88 Å². The van der Waals surface area contributed by atoms with Gasteiger partial charge in [-0.05, 0) is 41.0 Å². The van der Waals surface area contributed by atoms with Crippen LogP contribution in [0.1, 0.15) is 5.56 Å². The monoisotopic (exact) mass is 384 g/mol. The van der Waals surface area contributed by atoms with Crippen molar-refractivity contribution in [2.24, 2.45) is 0 Å². The van der Waals surface area contributed by atoms with Crippen molar-refractivity contribution >= 4 is 23.0 Å². The molecule has 0 fully saturated rings. The summed E-state index contributed by atoms with van der Waals surface area (Å²) in [4.78, 5) is 23.4. The second-order valence-corrected chi connectivity index (χ2v) is 6.48. The number of fused-ring (bicyclic) bond motifs is 1. The molecule has 0 unspecified atom stereocenters. The van der Waals surface area contributed by atoms with Crippen LogP contribution in [0.25, 0.3) is 39.4 Å². The van der Waals surface area contributed by atoms with E-state index in [9.17, 15) is 4.79 Å². The third-order valence-electron chi connectivity index (χ3n) is 4.68. The Morgan fingerprint density at radius 3 is 2.83 bits per heavy atom. The number of methoxy groups -OCH3 is 1. The molecule has 4 rings (SSSR count). The normalized spacial score (nSPS) is 11.1. The fourth-order valence-corrected chi connectivity index (χ4v) is 3.17. The topological polar surface area (TPSA) is 79.9 Å². The summed E-state index contributed by atoms with van der Waals surface area (Å²) in [6.45, 7) is 0. The van der Waals surface area contributed by atoms with Crippen LogP contribution in [0, 0.1) is 0 Å². The first-order valence-electron chi connectivity index (χ1n) is 9.15. The van der Waals surface area contributed by atoms with E-state index in [1.165, 1.54) is 6.08 Å². The molecule has 0 atom stereocenters. The number of benzene rings is 1. The van der Waals surface area contributed by atoms with Crippen LogP contribution in [-0.2, 0) is 4.79 Å². The number of aromatic nitrogens is 3. The molecule has 144 valence electrons. The van der Waals surface area contributed by atoms with Gasteiger partial charge in [-0.3, -0.25) is 4.79 Å². The van der Waals surface area contributed by atoms with E-state index in [0.29, 0.717) is 5.88 Å². The molecule has 3 heterocycles. The van der Waals surface area contributed by atoms with Gasteiger partial charge in [-0.2, -0.15) is 0 Å². The van der Waals surface area contributed by atoms with E-state index in [-0.39, 0.29) is 5.91 Å². The number of ether oxygens (including phenoxy) is 1. The fraction of sp³-hybridized carbons (Fsp3) is 0.0870. The highest BCUT2D eigenvalue weighted by atomic mass is 16.5. The number of hydrogen-bond donors (Lipinski definition) is 2. The SMILES string of the molecule is CNC(=O)/C=C/c1cccc(-c2cnc3[nH]cc(-c4ccnc(OC)c4)c3c2)c1. The van der Waals surface area contributed by atoms with Crippen LogP contribution in [0.4, 0.5) is 0 Å². The van der Waals surface area contributed by atoms with Gasteiger partial charge in [0.05, 0.1) is 7.11 Å². The minimum absolute atomic E-state index is 0.136. The smallest absolute Gasteiger partial charge is 0.243 e. The third kappa shape index (κ3) is 3.87. The Labute approximate surface area is 168 Å². The zero-order valence-electron chi connectivity index (χ0n) is 16.1. The molecule has 29 heavy (non-hydrogen) atoms. The van der Waals surface area contributed by atoms with E-state index < -0.39 is 0 Å². The Bertz CT molecular complexity index is 1210. The van der Waals surface area contributed by atoms with Crippen molar-refractivity contribution in [3.05, 3.63) is 72.7 Å². The van der Waals surface area contributed by atoms with Gasteiger partial charge in [0.25, 0.3) is 0 Å². The second kappa shape index (κ2) is 7.98. The van der Waals surface area contributed by atoms with E-state index in [0.717, 1.165) is 38.9 Å². The van der Waals surface area contributed by atoms with Crippen molar-refractivity contribution in [3.8, 4) is 28.1 Å². The van der Waals surface area contributed by atoms with Gasteiger partial charge in [0.15, 0.2) is 0 Å². The lowest BCUT2D eigenvalue weighted by Gasteiger charge is -2.05. The van der Waals surface area contributed by atoms with Crippen molar-refractivity contribution in [2.75, 3.05) is 14.2 Å². The number of pyridine rings is 2. The maximum absolute atomic E-state index is 11.5. The van der Waals surface area contributed by atoms with Gasteiger partial charge in [0.2, 0.25) is 11.8 Å². The number of likely N-dealkylation sites (N-methyl/N-ethyl adjacent to an activating group) is 1. The minimum Gasteiger partial charge on any atom is -0.481 e. The summed E-state index contributed by atoms with van der Waals surface area (Å²) in [6.07, 6.45) is 8.82. The molecule has 6 nitrogen and oxygen atoms in total.